The van der Waals surface area contributed by atoms with Crippen LogP contribution in [-0.4, -0.2) is 53.9 Å². The summed E-state index contributed by atoms with van der Waals surface area (Å²) in [6, 6.07) is 7.68. The quantitative estimate of drug-likeness (QED) is 0.633. The second-order valence-corrected chi connectivity index (χ2v) is 5.31. The molecule has 0 spiro atoms. The van der Waals surface area contributed by atoms with E-state index in [0.29, 0.717) is 11.4 Å². The number of hydrazine groups is 1. The van der Waals surface area contributed by atoms with Gasteiger partial charge in [-0.25, -0.2) is 10.8 Å². The van der Waals surface area contributed by atoms with Crippen LogP contribution in [0.3, 0.4) is 0 Å². The molecule has 1 aliphatic heterocycles. The molecule has 0 bridgehead atoms. The Hall–Kier alpha value is -2.18. The summed E-state index contributed by atoms with van der Waals surface area (Å²) in [5.74, 6) is 6.11. The van der Waals surface area contributed by atoms with Gasteiger partial charge in [-0.3, -0.25) is 4.79 Å². The molecule has 2 heterocycles. The van der Waals surface area contributed by atoms with Crippen molar-refractivity contribution < 1.29 is 4.79 Å². The van der Waals surface area contributed by atoms with Gasteiger partial charge in [0.1, 0.15) is 5.82 Å². The predicted octanol–water partition coefficient (Wildman–Crippen LogP) is 0.908. The Morgan fingerprint density at radius 1 is 1.19 bits per heavy atom. The number of hydrogen-bond donors (Lipinski definition) is 2. The number of benzene rings is 1. The molecule has 1 fully saturated rings. The summed E-state index contributed by atoms with van der Waals surface area (Å²) in [6.07, 6.45) is 1.61. The van der Waals surface area contributed by atoms with Crippen molar-refractivity contribution in [2.45, 2.75) is 0 Å². The Bertz CT molecular complexity index is 664. The van der Waals surface area contributed by atoms with Crippen molar-refractivity contribution in [3.63, 3.8) is 0 Å². The second kappa shape index (κ2) is 5.67. The molecule has 1 aromatic carbocycles. The third-order valence-electron chi connectivity index (χ3n) is 3.95. The first-order chi connectivity index (χ1) is 10.2. The van der Waals surface area contributed by atoms with E-state index in [0.717, 1.165) is 37.0 Å². The molecule has 0 atom stereocenters. The highest BCUT2D eigenvalue weighted by atomic mass is 16.2. The first-order valence-corrected chi connectivity index (χ1v) is 7.03. The molecule has 3 N–H and O–H groups in total. The second-order valence-electron chi connectivity index (χ2n) is 5.31. The molecule has 2 aromatic rings. The predicted molar refractivity (Wildman–Crippen MR) is 83.0 cm³/mol. The molecule has 6 heteroatoms. The zero-order chi connectivity index (χ0) is 14.8. The van der Waals surface area contributed by atoms with Crippen LogP contribution in [0.25, 0.3) is 10.8 Å². The fraction of sp³-hybridized carbons (Fsp3) is 0.333. The smallest absolute Gasteiger partial charge is 0.256 e. The number of anilines is 1. The van der Waals surface area contributed by atoms with Crippen molar-refractivity contribution in [2.75, 3.05) is 38.7 Å². The van der Waals surface area contributed by atoms with Crippen molar-refractivity contribution in [1.29, 1.82) is 0 Å². The number of rotatable bonds is 2. The van der Waals surface area contributed by atoms with Gasteiger partial charge in [0.25, 0.3) is 5.91 Å². The molecule has 0 radical (unpaired) electrons. The minimum atomic E-state index is 0.0374. The lowest BCUT2D eigenvalue weighted by Gasteiger charge is -2.32. The Morgan fingerprint density at radius 2 is 1.86 bits per heavy atom. The fourth-order valence-corrected chi connectivity index (χ4v) is 2.66. The maximum Gasteiger partial charge on any atom is 0.256 e. The molecule has 1 aromatic heterocycles. The van der Waals surface area contributed by atoms with Gasteiger partial charge in [0, 0.05) is 37.8 Å². The third-order valence-corrected chi connectivity index (χ3v) is 3.95. The van der Waals surface area contributed by atoms with Gasteiger partial charge in [0.05, 0.1) is 5.56 Å². The van der Waals surface area contributed by atoms with E-state index >= 15 is 0 Å². The number of nitrogen functional groups attached to an aromatic ring is 1. The van der Waals surface area contributed by atoms with E-state index in [9.17, 15) is 4.79 Å². The topological polar surface area (TPSA) is 74.5 Å². The van der Waals surface area contributed by atoms with E-state index in [1.54, 1.807) is 6.20 Å². The Morgan fingerprint density at radius 3 is 2.52 bits per heavy atom. The van der Waals surface area contributed by atoms with E-state index in [4.69, 9.17) is 5.84 Å². The molecule has 3 rings (SSSR count). The molecular formula is C15H19N5O. The van der Waals surface area contributed by atoms with Crippen molar-refractivity contribution in [2.24, 2.45) is 5.84 Å². The van der Waals surface area contributed by atoms with Crippen molar-refractivity contribution >= 4 is 22.5 Å². The van der Waals surface area contributed by atoms with Crippen molar-refractivity contribution in [3.8, 4) is 0 Å². The van der Waals surface area contributed by atoms with Crippen LogP contribution in [0.4, 0.5) is 5.82 Å². The van der Waals surface area contributed by atoms with Gasteiger partial charge >= 0.3 is 0 Å². The van der Waals surface area contributed by atoms with E-state index < -0.39 is 0 Å². The molecule has 6 nitrogen and oxygen atoms in total. The van der Waals surface area contributed by atoms with Crippen LogP contribution in [0.2, 0.25) is 0 Å². The first kappa shape index (κ1) is 13.8. The van der Waals surface area contributed by atoms with Gasteiger partial charge in [-0.1, -0.05) is 24.3 Å². The zero-order valence-corrected chi connectivity index (χ0v) is 12.0. The number of nitrogens with zero attached hydrogens (tertiary/aromatic N) is 3. The number of carbonyl (C=O) groups excluding carboxylic acids is 1. The summed E-state index contributed by atoms with van der Waals surface area (Å²) in [5.41, 5.74) is 3.21. The summed E-state index contributed by atoms with van der Waals surface area (Å²) >= 11 is 0. The maximum absolute atomic E-state index is 12.7. The molecule has 0 aliphatic carbocycles. The molecule has 21 heavy (non-hydrogen) atoms. The van der Waals surface area contributed by atoms with Crippen LogP contribution in [0.5, 0.6) is 0 Å². The van der Waals surface area contributed by atoms with Crippen molar-refractivity contribution in [1.82, 2.24) is 14.8 Å². The molecule has 1 aliphatic rings. The molecule has 110 valence electrons. The number of amides is 1. The van der Waals surface area contributed by atoms with Gasteiger partial charge in [0.15, 0.2) is 0 Å². The lowest BCUT2D eigenvalue weighted by molar-refractivity contribution is 0.0666. The van der Waals surface area contributed by atoms with Crippen molar-refractivity contribution in [3.05, 3.63) is 36.0 Å². The Labute approximate surface area is 123 Å². The molecule has 1 amide bonds. The van der Waals surface area contributed by atoms with Crippen LogP contribution in [0, 0.1) is 0 Å². The number of pyridine rings is 1. The lowest BCUT2D eigenvalue weighted by atomic mass is 10.1. The Kier molecular flexibility index (Phi) is 3.72. The minimum absolute atomic E-state index is 0.0374. The van der Waals surface area contributed by atoms with E-state index in [-0.39, 0.29) is 5.91 Å². The highest BCUT2D eigenvalue weighted by Crippen LogP contribution is 2.25. The van der Waals surface area contributed by atoms with Crippen LogP contribution in [-0.2, 0) is 0 Å². The lowest BCUT2D eigenvalue weighted by Crippen LogP contribution is -2.47. The third kappa shape index (κ3) is 2.55. The summed E-state index contributed by atoms with van der Waals surface area (Å²) in [6.45, 7) is 3.31. The summed E-state index contributed by atoms with van der Waals surface area (Å²) in [7, 11) is 2.07. The van der Waals surface area contributed by atoms with Crippen LogP contribution in [0.1, 0.15) is 10.4 Å². The van der Waals surface area contributed by atoms with Gasteiger partial charge in [-0.15, -0.1) is 0 Å². The Balaban J connectivity index is 1.99. The number of hydrogen-bond acceptors (Lipinski definition) is 5. The van der Waals surface area contributed by atoms with E-state index in [2.05, 4.69) is 22.4 Å². The van der Waals surface area contributed by atoms with E-state index in [1.807, 2.05) is 29.2 Å². The average molecular weight is 285 g/mol. The van der Waals surface area contributed by atoms with Crippen LogP contribution in [0.15, 0.2) is 30.5 Å². The number of likely N-dealkylation sites (N-methyl/N-ethyl adjacent to an activating group) is 1. The minimum Gasteiger partial charge on any atom is -0.336 e. The highest BCUT2D eigenvalue weighted by molar-refractivity contribution is 6.09. The first-order valence-electron chi connectivity index (χ1n) is 7.03. The number of nitrogens with one attached hydrogen (secondary N) is 1. The number of fused-ring (bicyclic) bond motifs is 1. The number of carbonyl (C=O) groups is 1. The highest BCUT2D eigenvalue weighted by Gasteiger charge is 2.22. The van der Waals surface area contributed by atoms with Gasteiger partial charge in [0.2, 0.25) is 0 Å². The monoisotopic (exact) mass is 285 g/mol. The normalized spacial score (nSPS) is 16.2. The average Bonchev–Trinajstić information content (AvgIpc) is 2.54. The number of piperazine rings is 1. The molecular weight excluding hydrogens is 266 g/mol. The van der Waals surface area contributed by atoms with Crippen LogP contribution < -0.4 is 11.3 Å². The van der Waals surface area contributed by atoms with E-state index in [1.165, 1.54) is 0 Å². The zero-order valence-electron chi connectivity index (χ0n) is 12.0. The molecule has 0 saturated carbocycles. The maximum atomic E-state index is 12.7. The summed E-state index contributed by atoms with van der Waals surface area (Å²) in [5, 5.41) is 1.74. The van der Waals surface area contributed by atoms with Gasteiger partial charge < -0.3 is 15.2 Å². The van der Waals surface area contributed by atoms with Crippen LogP contribution >= 0.6 is 0 Å². The molecule has 0 unspecified atom stereocenters. The largest absolute Gasteiger partial charge is 0.336 e. The standard InChI is InChI=1S/C15H19N5O/c1-19-6-8-20(9-7-19)15(21)13-10-17-14(18-16)12-5-3-2-4-11(12)13/h2-5,10H,6-9,16H2,1H3,(H,17,18). The SMILES string of the molecule is CN1CCN(C(=O)c2cnc(NN)c3ccccc23)CC1. The summed E-state index contributed by atoms with van der Waals surface area (Å²) in [4.78, 5) is 21.1. The summed E-state index contributed by atoms with van der Waals surface area (Å²) < 4.78 is 0. The number of aromatic nitrogens is 1. The molecule has 1 saturated heterocycles. The fourth-order valence-electron chi connectivity index (χ4n) is 2.66. The van der Waals surface area contributed by atoms with Gasteiger partial charge in [-0.05, 0) is 12.4 Å². The number of nitrogens with two attached hydrogens (primary N) is 1. The van der Waals surface area contributed by atoms with Gasteiger partial charge in [-0.2, -0.15) is 0 Å².